The minimum Gasteiger partial charge on any atom is -0.353 e. The molecular weight excluding hydrogens is 285 g/mol. The first kappa shape index (κ1) is 14.0. The van der Waals surface area contributed by atoms with Gasteiger partial charge in [0.15, 0.2) is 10.1 Å². The average Bonchev–Trinajstić information content (AvgIpc) is 2.85. The van der Waals surface area contributed by atoms with Crippen LogP contribution in [0, 0.1) is 5.82 Å². The molecule has 2 aromatic rings. The summed E-state index contributed by atoms with van der Waals surface area (Å²) in [5.74, 6) is -0.577. The number of hydrogen-bond donors (Lipinski definition) is 0. The van der Waals surface area contributed by atoms with E-state index in [0.29, 0.717) is 4.34 Å². The third kappa shape index (κ3) is 3.51. The van der Waals surface area contributed by atoms with Crippen LogP contribution in [0.15, 0.2) is 28.6 Å². The number of Topliss-reactive ketones (excluding diaryl/α,β-unsaturated/α-hetero) is 1. The Morgan fingerprint density at radius 2 is 2.11 bits per heavy atom. The molecule has 0 aliphatic heterocycles. The minimum absolute atomic E-state index is 0.118. The summed E-state index contributed by atoms with van der Waals surface area (Å²) < 4.78 is 14.1. The van der Waals surface area contributed by atoms with Crippen molar-refractivity contribution in [2.45, 2.75) is 4.34 Å². The van der Waals surface area contributed by atoms with E-state index in [0.717, 1.165) is 5.13 Å². The van der Waals surface area contributed by atoms with Crippen LogP contribution in [-0.2, 0) is 0 Å². The smallest absolute Gasteiger partial charge is 0.208 e. The largest absolute Gasteiger partial charge is 0.353 e. The van der Waals surface area contributed by atoms with Crippen molar-refractivity contribution in [2.24, 2.45) is 0 Å². The van der Waals surface area contributed by atoms with Gasteiger partial charge in [0, 0.05) is 14.1 Å². The van der Waals surface area contributed by atoms with Crippen molar-refractivity contribution >= 4 is 34.0 Å². The molecule has 0 bridgehead atoms. The molecule has 0 aliphatic rings. The molecule has 100 valence electrons. The monoisotopic (exact) mass is 297 g/mol. The van der Waals surface area contributed by atoms with Crippen molar-refractivity contribution in [1.29, 1.82) is 0 Å². The molecular formula is C12H12FN3OS2. The number of rotatable bonds is 5. The summed E-state index contributed by atoms with van der Waals surface area (Å²) in [5, 5.41) is 8.72. The first-order valence-corrected chi connectivity index (χ1v) is 7.29. The highest BCUT2D eigenvalue weighted by Gasteiger charge is 2.13. The molecule has 1 aromatic heterocycles. The van der Waals surface area contributed by atoms with Crippen LogP contribution in [0.3, 0.4) is 0 Å². The summed E-state index contributed by atoms with van der Waals surface area (Å²) in [5.41, 5.74) is 0.118. The van der Waals surface area contributed by atoms with E-state index in [9.17, 15) is 9.18 Å². The fourth-order valence-electron chi connectivity index (χ4n) is 1.33. The number of ketones is 1. The van der Waals surface area contributed by atoms with Crippen molar-refractivity contribution in [3.05, 3.63) is 35.6 Å². The maximum atomic E-state index is 13.4. The molecule has 0 unspecified atom stereocenters. The second-order valence-corrected chi connectivity index (χ2v) is 6.12. The molecule has 0 aliphatic carbocycles. The van der Waals surface area contributed by atoms with Gasteiger partial charge < -0.3 is 4.90 Å². The Morgan fingerprint density at radius 1 is 1.37 bits per heavy atom. The van der Waals surface area contributed by atoms with Crippen molar-refractivity contribution in [3.8, 4) is 0 Å². The lowest BCUT2D eigenvalue weighted by Crippen LogP contribution is -2.07. The zero-order chi connectivity index (χ0) is 13.8. The fraction of sp³-hybridized carbons (Fsp3) is 0.250. The van der Waals surface area contributed by atoms with E-state index in [2.05, 4.69) is 10.2 Å². The van der Waals surface area contributed by atoms with Gasteiger partial charge in [0.2, 0.25) is 5.13 Å². The molecule has 0 fully saturated rings. The van der Waals surface area contributed by atoms with Crippen molar-refractivity contribution in [3.63, 3.8) is 0 Å². The molecule has 1 heterocycles. The summed E-state index contributed by atoms with van der Waals surface area (Å²) in [6, 6.07) is 5.99. The second kappa shape index (κ2) is 6.12. The Balaban J connectivity index is 1.98. The van der Waals surface area contributed by atoms with Gasteiger partial charge in [-0.05, 0) is 12.1 Å². The van der Waals surface area contributed by atoms with Crippen LogP contribution in [0.25, 0.3) is 0 Å². The predicted molar refractivity (Wildman–Crippen MR) is 75.7 cm³/mol. The van der Waals surface area contributed by atoms with E-state index >= 15 is 0 Å². The molecule has 0 N–H and O–H groups in total. The van der Waals surface area contributed by atoms with Gasteiger partial charge in [0.25, 0.3) is 0 Å². The standard InChI is InChI=1S/C12H12FN3OS2/c1-16(2)11-14-15-12(19-11)18-7-10(17)8-5-3-4-6-9(8)13/h3-6H,7H2,1-2H3. The molecule has 0 spiro atoms. The van der Waals surface area contributed by atoms with Gasteiger partial charge in [-0.25, -0.2) is 4.39 Å². The van der Waals surface area contributed by atoms with E-state index < -0.39 is 5.82 Å². The quantitative estimate of drug-likeness (QED) is 0.627. The summed E-state index contributed by atoms with van der Waals surface area (Å²) in [4.78, 5) is 13.7. The summed E-state index contributed by atoms with van der Waals surface area (Å²) >= 11 is 2.68. The van der Waals surface area contributed by atoms with Gasteiger partial charge in [-0.15, -0.1) is 10.2 Å². The molecule has 0 saturated carbocycles. The summed E-state index contributed by atoms with van der Waals surface area (Å²) in [6.07, 6.45) is 0. The van der Waals surface area contributed by atoms with Crippen molar-refractivity contribution in [2.75, 3.05) is 24.7 Å². The highest BCUT2D eigenvalue weighted by atomic mass is 32.2. The van der Waals surface area contributed by atoms with Crippen LogP contribution in [0.4, 0.5) is 9.52 Å². The first-order chi connectivity index (χ1) is 9.08. The van der Waals surface area contributed by atoms with E-state index in [1.54, 1.807) is 12.1 Å². The zero-order valence-electron chi connectivity index (χ0n) is 10.5. The number of thioether (sulfide) groups is 1. The Morgan fingerprint density at radius 3 is 2.74 bits per heavy atom. The van der Waals surface area contributed by atoms with E-state index in [1.165, 1.54) is 35.2 Å². The number of carbonyl (C=O) groups is 1. The van der Waals surface area contributed by atoms with E-state index in [4.69, 9.17) is 0 Å². The van der Waals surface area contributed by atoms with Gasteiger partial charge in [0.1, 0.15) is 5.82 Å². The number of benzene rings is 1. The van der Waals surface area contributed by atoms with Crippen LogP contribution in [0.5, 0.6) is 0 Å². The van der Waals surface area contributed by atoms with Crippen LogP contribution < -0.4 is 4.90 Å². The van der Waals surface area contributed by atoms with Crippen LogP contribution >= 0.6 is 23.1 Å². The second-order valence-electron chi connectivity index (χ2n) is 3.94. The fourth-order valence-corrected chi connectivity index (χ4v) is 2.98. The van der Waals surface area contributed by atoms with Crippen LogP contribution in [0.2, 0.25) is 0 Å². The normalized spacial score (nSPS) is 10.5. The molecule has 7 heteroatoms. The van der Waals surface area contributed by atoms with Gasteiger partial charge in [0.05, 0.1) is 11.3 Å². The van der Waals surface area contributed by atoms with Crippen molar-refractivity contribution in [1.82, 2.24) is 10.2 Å². The highest BCUT2D eigenvalue weighted by Crippen LogP contribution is 2.27. The SMILES string of the molecule is CN(C)c1nnc(SCC(=O)c2ccccc2F)s1. The van der Waals surface area contributed by atoms with Crippen molar-refractivity contribution < 1.29 is 9.18 Å². The summed E-state index contributed by atoms with van der Waals surface area (Å²) in [6.45, 7) is 0. The van der Waals surface area contributed by atoms with Crippen LogP contribution in [0.1, 0.15) is 10.4 Å². The van der Waals surface area contributed by atoms with E-state index in [1.807, 2.05) is 19.0 Å². The first-order valence-electron chi connectivity index (χ1n) is 5.49. The third-order valence-corrected chi connectivity index (χ3v) is 4.50. The molecule has 0 amide bonds. The maximum absolute atomic E-state index is 13.4. The number of halogens is 1. The highest BCUT2D eigenvalue weighted by molar-refractivity contribution is 8.01. The lowest BCUT2D eigenvalue weighted by molar-refractivity contribution is 0.101. The maximum Gasteiger partial charge on any atom is 0.208 e. The number of nitrogens with zero attached hydrogens (tertiary/aromatic N) is 3. The van der Waals surface area contributed by atoms with Gasteiger partial charge in [-0.1, -0.05) is 35.2 Å². The average molecular weight is 297 g/mol. The Hall–Kier alpha value is -1.47. The molecule has 19 heavy (non-hydrogen) atoms. The zero-order valence-corrected chi connectivity index (χ0v) is 12.1. The van der Waals surface area contributed by atoms with E-state index in [-0.39, 0.29) is 17.1 Å². The molecule has 0 radical (unpaired) electrons. The summed E-state index contributed by atoms with van der Waals surface area (Å²) in [7, 11) is 3.75. The third-order valence-electron chi connectivity index (χ3n) is 2.28. The molecule has 0 saturated heterocycles. The topological polar surface area (TPSA) is 46.1 Å². The number of carbonyl (C=O) groups excluding carboxylic acids is 1. The molecule has 2 rings (SSSR count). The van der Waals surface area contributed by atoms with Crippen LogP contribution in [-0.4, -0.2) is 35.8 Å². The van der Waals surface area contributed by atoms with Gasteiger partial charge in [-0.3, -0.25) is 4.79 Å². The van der Waals surface area contributed by atoms with Gasteiger partial charge in [-0.2, -0.15) is 0 Å². The Bertz CT molecular complexity index is 586. The molecule has 1 aromatic carbocycles. The molecule has 0 atom stereocenters. The Labute approximate surface area is 118 Å². The lowest BCUT2D eigenvalue weighted by Gasteiger charge is -2.03. The number of anilines is 1. The lowest BCUT2D eigenvalue weighted by atomic mass is 10.1. The molecule has 4 nitrogen and oxygen atoms in total. The van der Waals surface area contributed by atoms with Gasteiger partial charge >= 0.3 is 0 Å². The Kier molecular flexibility index (Phi) is 4.49. The number of hydrogen-bond acceptors (Lipinski definition) is 6. The number of aromatic nitrogens is 2. The minimum atomic E-state index is -0.487. The predicted octanol–water partition coefficient (Wildman–Crippen LogP) is 2.72.